The first-order chi connectivity index (χ1) is 10.2. The fraction of sp³-hybridized carbons (Fsp3) is 0.429. The molecule has 1 aliphatic heterocycles. The first-order valence-electron chi connectivity index (χ1n) is 6.96. The third kappa shape index (κ3) is 3.24. The Morgan fingerprint density at radius 2 is 2.43 bits per heavy atom. The number of nitrogens with zero attached hydrogens (tertiary/aromatic N) is 4. The lowest BCUT2D eigenvalue weighted by Gasteiger charge is -2.24. The van der Waals surface area contributed by atoms with E-state index in [1.54, 1.807) is 6.20 Å². The summed E-state index contributed by atoms with van der Waals surface area (Å²) in [6.07, 6.45) is 3.78. The van der Waals surface area contributed by atoms with Gasteiger partial charge in [-0.2, -0.15) is 0 Å². The highest BCUT2D eigenvalue weighted by Gasteiger charge is 2.30. The van der Waals surface area contributed by atoms with Crippen LogP contribution < -0.4 is 0 Å². The van der Waals surface area contributed by atoms with Crippen molar-refractivity contribution in [2.45, 2.75) is 31.0 Å². The van der Waals surface area contributed by atoms with E-state index in [2.05, 4.69) is 20.2 Å². The maximum atomic E-state index is 12.4. The van der Waals surface area contributed by atoms with E-state index < -0.39 is 0 Å². The van der Waals surface area contributed by atoms with Gasteiger partial charge >= 0.3 is 0 Å². The van der Waals surface area contributed by atoms with E-state index in [0.29, 0.717) is 10.9 Å². The lowest BCUT2D eigenvalue weighted by molar-refractivity contribution is -0.129. The van der Waals surface area contributed by atoms with Crippen LogP contribution in [-0.2, 0) is 4.79 Å². The summed E-state index contributed by atoms with van der Waals surface area (Å²) in [7, 11) is 0. The van der Waals surface area contributed by atoms with Gasteiger partial charge in [-0.1, -0.05) is 17.8 Å². The van der Waals surface area contributed by atoms with Gasteiger partial charge in [0.05, 0.1) is 17.5 Å². The molecular weight excluding hydrogens is 286 g/mol. The van der Waals surface area contributed by atoms with E-state index in [1.165, 1.54) is 11.8 Å². The summed E-state index contributed by atoms with van der Waals surface area (Å²) in [6.45, 7) is 2.64. The van der Waals surface area contributed by atoms with Crippen molar-refractivity contribution in [1.29, 1.82) is 0 Å². The molecule has 0 bridgehead atoms. The Morgan fingerprint density at radius 1 is 1.52 bits per heavy atom. The molecule has 1 atom stereocenters. The Morgan fingerprint density at radius 3 is 3.14 bits per heavy atom. The molecule has 2 aromatic rings. The van der Waals surface area contributed by atoms with Gasteiger partial charge in [-0.3, -0.25) is 14.9 Å². The number of carbonyl (C=O) groups is 1. The fourth-order valence-electron chi connectivity index (χ4n) is 2.54. The first-order valence-corrected chi connectivity index (χ1v) is 7.95. The number of likely N-dealkylation sites (tertiary alicyclic amines) is 1. The molecule has 1 saturated heterocycles. The highest BCUT2D eigenvalue weighted by molar-refractivity contribution is 7.99. The molecule has 7 heteroatoms. The van der Waals surface area contributed by atoms with Crippen LogP contribution in [0.25, 0.3) is 0 Å². The number of aromatic amines is 1. The summed E-state index contributed by atoms with van der Waals surface area (Å²) in [6, 6.07) is 5.95. The van der Waals surface area contributed by atoms with Gasteiger partial charge in [0.15, 0.2) is 0 Å². The number of nitrogens with one attached hydrogen (secondary N) is 1. The molecule has 1 aliphatic rings. The van der Waals surface area contributed by atoms with Gasteiger partial charge in [0, 0.05) is 12.7 Å². The van der Waals surface area contributed by atoms with Crippen LogP contribution in [0.1, 0.15) is 30.4 Å². The van der Waals surface area contributed by atoms with Crippen molar-refractivity contribution in [3.8, 4) is 0 Å². The Labute approximate surface area is 127 Å². The van der Waals surface area contributed by atoms with Gasteiger partial charge in [0.25, 0.3) is 0 Å². The van der Waals surface area contributed by atoms with Crippen molar-refractivity contribution in [2.75, 3.05) is 12.3 Å². The van der Waals surface area contributed by atoms with Gasteiger partial charge in [-0.25, -0.2) is 4.98 Å². The molecule has 0 aliphatic carbocycles. The van der Waals surface area contributed by atoms with Crippen molar-refractivity contribution in [2.24, 2.45) is 0 Å². The van der Waals surface area contributed by atoms with Crippen LogP contribution >= 0.6 is 11.8 Å². The summed E-state index contributed by atoms with van der Waals surface area (Å²) in [4.78, 5) is 22.9. The van der Waals surface area contributed by atoms with Gasteiger partial charge in [-0.05, 0) is 31.9 Å². The number of rotatable bonds is 4. The zero-order chi connectivity index (χ0) is 14.7. The molecule has 21 heavy (non-hydrogen) atoms. The summed E-state index contributed by atoms with van der Waals surface area (Å²) < 4.78 is 0. The lowest BCUT2D eigenvalue weighted by Crippen LogP contribution is -2.32. The minimum Gasteiger partial charge on any atom is -0.333 e. The molecule has 0 spiro atoms. The quantitative estimate of drug-likeness (QED) is 0.874. The molecule has 6 nitrogen and oxygen atoms in total. The third-order valence-electron chi connectivity index (χ3n) is 3.50. The van der Waals surface area contributed by atoms with Gasteiger partial charge < -0.3 is 4.90 Å². The zero-order valence-electron chi connectivity index (χ0n) is 11.8. The van der Waals surface area contributed by atoms with Crippen molar-refractivity contribution in [3.63, 3.8) is 0 Å². The number of hydrogen-bond acceptors (Lipinski definition) is 5. The molecular formula is C14H17N5OS. The van der Waals surface area contributed by atoms with Crippen LogP contribution in [-0.4, -0.2) is 43.3 Å². The SMILES string of the molecule is Cc1nc(SCC(=O)N2CCCC2c2ccccn2)n[nH]1. The van der Waals surface area contributed by atoms with Gasteiger partial charge in [0.1, 0.15) is 5.82 Å². The highest BCUT2D eigenvalue weighted by Crippen LogP contribution is 2.31. The molecule has 1 unspecified atom stereocenters. The van der Waals surface area contributed by atoms with Gasteiger partial charge in [0.2, 0.25) is 11.1 Å². The smallest absolute Gasteiger partial charge is 0.233 e. The van der Waals surface area contributed by atoms with E-state index in [4.69, 9.17) is 0 Å². The molecule has 0 aromatic carbocycles. The summed E-state index contributed by atoms with van der Waals surface area (Å²) in [5, 5.41) is 7.43. The average Bonchev–Trinajstić information content (AvgIpc) is 3.14. The Kier molecular flexibility index (Phi) is 4.19. The second-order valence-corrected chi connectivity index (χ2v) is 5.93. The largest absolute Gasteiger partial charge is 0.333 e. The molecule has 1 fully saturated rings. The van der Waals surface area contributed by atoms with Crippen molar-refractivity contribution in [3.05, 3.63) is 35.9 Å². The summed E-state index contributed by atoms with van der Waals surface area (Å²) in [5.74, 6) is 1.24. The number of aromatic nitrogens is 4. The molecule has 1 amide bonds. The monoisotopic (exact) mass is 303 g/mol. The summed E-state index contributed by atoms with van der Waals surface area (Å²) in [5.41, 5.74) is 0.974. The van der Waals surface area contributed by atoms with Gasteiger partial charge in [-0.15, -0.1) is 5.10 Å². The van der Waals surface area contributed by atoms with Crippen molar-refractivity contribution < 1.29 is 4.79 Å². The topological polar surface area (TPSA) is 74.8 Å². The average molecular weight is 303 g/mol. The van der Waals surface area contributed by atoms with E-state index >= 15 is 0 Å². The number of aryl methyl sites for hydroxylation is 1. The highest BCUT2D eigenvalue weighted by atomic mass is 32.2. The standard InChI is InChI=1S/C14H17N5OS/c1-10-16-14(18-17-10)21-9-13(20)19-8-4-6-12(19)11-5-2-3-7-15-11/h2-3,5,7,12H,4,6,8-9H2,1H3,(H,16,17,18). The lowest BCUT2D eigenvalue weighted by atomic mass is 10.1. The maximum absolute atomic E-state index is 12.4. The Bertz CT molecular complexity index is 615. The van der Waals surface area contributed by atoms with E-state index in [0.717, 1.165) is 30.9 Å². The second-order valence-electron chi connectivity index (χ2n) is 4.99. The molecule has 3 rings (SSSR count). The number of thioether (sulfide) groups is 1. The number of H-pyrrole nitrogens is 1. The van der Waals surface area contributed by atoms with E-state index in [-0.39, 0.29) is 11.9 Å². The third-order valence-corrected chi connectivity index (χ3v) is 4.34. The molecule has 3 heterocycles. The molecule has 0 saturated carbocycles. The van der Waals surface area contributed by atoms with Crippen molar-refractivity contribution in [1.82, 2.24) is 25.1 Å². The number of pyridine rings is 1. The normalized spacial score (nSPS) is 18.1. The van der Waals surface area contributed by atoms with Crippen LogP contribution in [0.15, 0.2) is 29.6 Å². The maximum Gasteiger partial charge on any atom is 0.233 e. The van der Waals surface area contributed by atoms with Crippen molar-refractivity contribution >= 4 is 17.7 Å². The van der Waals surface area contributed by atoms with Crippen LogP contribution in [0.3, 0.4) is 0 Å². The van der Waals surface area contributed by atoms with Crippen LogP contribution in [0.4, 0.5) is 0 Å². The van der Waals surface area contributed by atoms with Crippen LogP contribution in [0.2, 0.25) is 0 Å². The molecule has 0 radical (unpaired) electrons. The molecule has 1 N–H and O–H groups in total. The predicted octanol–water partition coefficient (Wildman–Crippen LogP) is 1.96. The number of amides is 1. The first kappa shape index (κ1) is 14.1. The zero-order valence-corrected chi connectivity index (χ0v) is 12.6. The molecule has 110 valence electrons. The number of carbonyl (C=O) groups excluding carboxylic acids is 1. The Hall–Kier alpha value is -1.89. The number of hydrogen-bond donors (Lipinski definition) is 1. The Balaban J connectivity index is 1.63. The minimum atomic E-state index is 0.105. The summed E-state index contributed by atoms with van der Waals surface area (Å²) >= 11 is 1.37. The van der Waals surface area contributed by atoms with E-state index in [1.807, 2.05) is 30.0 Å². The second kappa shape index (κ2) is 6.26. The van der Waals surface area contributed by atoms with Crippen LogP contribution in [0, 0.1) is 6.92 Å². The van der Waals surface area contributed by atoms with Crippen LogP contribution in [0.5, 0.6) is 0 Å². The fourth-order valence-corrected chi connectivity index (χ4v) is 3.27. The minimum absolute atomic E-state index is 0.105. The van der Waals surface area contributed by atoms with E-state index in [9.17, 15) is 4.79 Å². The predicted molar refractivity (Wildman–Crippen MR) is 79.8 cm³/mol. The molecule has 2 aromatic heterocycles.